The topological polar surface area (TPSA) is 0 Å². The first-order valence-electron chi connectivity index (χ1n) is 6.64. The van der Waals surface area contributed by atoms with Crippen molar-refractivity contribution in [1.82, 2.24) is 0 Å². The predicted octanol–water partition coefficient (Wildman–Crippen LogP) is 5.14. The summed E-state index contributed by atoms with van der Waals surface area (Å²) in [6, 6.07) is 19.5. The van der Waals surface area contributed by atoms with E-state index in [4.69, 9.17) is 0 Å². The molecule has 0 saturated heterocycles. The highest BCUT2D eigenvalue weighted by atomic mass is 14.2. The summed E-state index contributed by atoms with van der Waals surface area (Å²) in [7, 11) is 0. The molecular formula is C18H22. The van der Waals surface area contributed by atoms with E-state index < -0.39 is 0 Å². The van der Waals surface area contributed by atoms with Crippen LogP contribution in [0.3, 0.4) is 0 Å². The molecule has 0 spiro atoms. The molecule has 1 unspecified atom stereocenters. The van der Waals surface area contributed by atoms with Gasteiger partial charge in [0.1, 0.15) is 0 Å². The zero-order chi connectivity index (χ0) is 13.2. The standard InChI is InChI=1S/C18H22/c1-14(15-10-6-5-7-11-15)16-12-8-9-13-17(16)18(2,3)4/h5-14H,1-4H3. The van der Waals surface area contributed by atoms with Gasteiger partial charge in [0, 0.05) is 5.92 Å². The summed E-state index contributed by atoms with van der Waals surface area (Å²) in [6.07, 6.45) is 0. The van der Waals surface area contributed by atoms with Crippen LogP contribution in [0.25, 0.3) is 0 Å². The Kier molecular flexibility index (Phi) is 3.56. The maximum atomic E-state index is 2.29. The number of rotatable bonds is 2. The first-order chi connectivity index (χ1) is 8.50. The average molecular weight is 238 g/mol. The molecule has 0 saturated carbocycles. The summed E-state index contributed by atoms with van der Waals surface area (Å²) >= 11 is 0. The Morgan fingerprint density at radius 1 is 0.778 bits per heavy atom. The molecule has 0 bridgehead atoms. The SMILES string of the molecule is CC(c1ccccc1)c1ccccc1C(C)(C)C. The molecule has 0 heterocycles. The lowest BCUT2D eigenvalue weighted by atomic mass is 9.79. The van der Waals surface area contributed by atoms with E-state index in [0.717, 1.165) is 0 Å². The van der Waals surface area contributed by atoms with Crippen LogP contribution in [-0.2, 0) is 5.41 Å². The Morgan fingerprint density at radius 3 is 1.94 bits per heavy atom. The summed E-state index contributed by atoms with van der Waals surface area (Å²) in [5.41, 5.74) is 4.46. The molecule has 0 fully saturated rings. The van der Waals surface area contributed by atoms with Gasteiger partial charge in [0.25, 0.3) is 0 Å². The first-order valence-corrected chi connectivity index (χ1v) is 6.64. The Labute approximate surface area is 111 Å². The summed E-state index contributed by atoms with van der Waals surface area (Å²) in [6.45, 7) is 9.14. The van der Waals surface area contributed by atoms with Crippen molar-refractivity contribution >= 4 is 0 Å². The molecule has 0 aromatic heterocycles. The number of hydrogen-bond acceptors (Lipinski definition) is 0. The van der Waals surface area contributed by atoms with E-state index in [1.54, 1.807) is 0 Å². The van der Waals surface area contributed by atoms with Gasteiger partial charge in [-0.15, -0.1) is 0 Å². The second-order valence-corrected chi connectivity index (χ2v) is 5.97. The lowest BCUT2D eigenvalue weighted by Crippen LogP contribution is -2.15. The largest absolute Gasteiger partial charge is 0.0622 e. The lowest BCUT2D eigenvalue weighted by molar-refractivity contribution is 0.579. The fraction of sp³-hybridized carbons (Fsp3) is 0.333. The highest BCUT2D eigenvalue weighted by Gasteiger charge is 2.20. The van der Waals surface area contributed by atoms with E-state index in [-0.39, 0.29) is 5.41 Å². The summed E-state index contributed by atoms with van der Waals surface area (Å²) in [5, 5.41) is 0. The van der Waals surface area contributed by atoms with Gasteiger partial charge in [-0.05, 0) is 22.1 Å². The van der Waals surface area contributed by atoms with Crippen molar-refractivity contribution in [2.45, 2.75) is 39.0 Å². The Bertz CT molecular complexity index is 503. The molecule has 2 aromatic carbocycles. The highest BCUT2D eigenvalue weighted by molar-refractivity contribution is 5.40. The van der Waals surface area contributed by atoms with Crippen molar-refractivity contribution in [2.24, 2.45) is 0 Å². The van der Waals surface area contributed by atoms with Gasteiger partial charge in [0.05, 0.1) is 0 Å². The predicted molar refractivity (Wildman–Crippen MR) is 79.1 cm³/mol. The fourth-order valence-electron chi connectivity index (χ4n) is 2.48. The fourth-order valence-corrected chi connectivity index (χ4v) is 2.48. The number of hydrogen-bond donors (Lipinski definition) is 0. The molecule has 2 aromatic rings. The van der Waals surface area contributed by atoms with E-state index >= 15 is 0 Å². The maximum absolute atomic E-state index is 2.29. The third-order valence-electron chi connectivity index (χ3n) is 3.53. The monoisotopic (exact) mass is 238 g/mol. The Hall–Kier alpha value is -1.56. The van der Waals surface area contributed by atoms with Gasteiger partial charge in [-0.1, -0.05) is 82.3 Å². The Morgan fingerprint density at radius 2 is 1.33 bits per heavy atom. The van der Waals surface area contributed by atoms with Gasteiger partial charge < -0.3 is 0 Å². The third-order valence-corrected chi connectivity index (χ3v) is 3.53. The van der Waals surface area contributed by atoms with E-state index in [2.05, 4.69) is 82.3 Å². The van der Waals surface area contributed by atoms with Crippen LogP contribution in [0.15, 0.2) is 54.6 Å². The van der Waals surface area contributed by atoms with Gasteiger partial charge in [0.15, 0.2) is 0 Å². The highest BCUT2D eigenvalue weighted by Crippen LogP contribution is 2.33. The molecule has 18 heavy (non-hydrogen) atoms. The van der Waals surface area contributed by atoms with Gasteiger partial charge in [-0.2, -0.15) is 0 Å². The molecule has 0 aliphatic carbocycles. The van der Waals surface area contributed by atoms with Gasteiger partial charge in [-0.25, -0.2) is 0 Å². The maximum Gasteiger partial charge on any atom is 0.00639 e. The molecule has 0 N–H and O–H groups in total. The summed E-state index contributed by atoms with van der Waals surface area (Å²) in [4.78, 5) is 0. The van der Waals surface area contributed by atoms with E-state index in [0.29, 0.717) is 5.92 Å². The van der Waals surface area contributed by atoms with Crippen LogP contribution >= 0.6 is 0 Å². The van der Waals surface area contributed by atoms with Gasteiger partial charge in [-0.3, -0.25) is 0 Å². The molecule has 0 aliphatic rings. The molecule has 2 rings (SSSR count). The zero-order valence-electron chi connectivity index (χ0n) is 11.8. The molecule has 0 heteroatoms. The molecule has 0 radical (unpaired) electrons. The van der Waals surface area contributed by atoms with Crippen LogP contribution in [0, 0.1) is 0 Å². The van der Waals surface area contributed by atoms with Crippen molar-refractivity contribution in [3.63, 3.8) is 0 Å². The van der Waals surface area contributed by atoms with Crippen molar-refractivity contribution in [2.75, 3.05) is 0 Å². The second kappa shape index (κ2) is 4.97. The van der Waals surface area contributed by atoms with E-state index in [1.807, 2.05) is 0 Å². The molecule has 0 nitrogen and oxygen atoms in total. The van der Waals surface area contributed by atoms with Crippen molar-refractivity contribution < 1.29 is 0 Å². The van der Waals surface area contributed by atoms with Crippen LogP contribution in [0.5, 0.6) is 0 Å². The Balaban J connectivity index is 2.46. The van der Waals surface area contributed by atoms with Crippen molar-refractivity contribution in [3.05, 3.63) is 71.3 Å². The van der Waals surface area contributed by atoms with Crippen LogP contribution in [0.4, 0.5) is 0 Å². The van der Waals surface area contributed by atoms with Crippen LogP contribution in [-0.4, -0.2) is 0 Å². The molecule has 0 aliphatic heterocycles. The summed E-state index contributed by atoms with van der Waals surface area (Å²) < 4.78 is 0. The van der Waals surface area contributed by atoms with Gasteiger partial charge in [0.2, 0.25) is 0 Å². The normalized spacial score (nSPS) is 13.3. The van der Waals surface area contributed by atoms with Crippen molar-refractivity contribution in [3.8, 4) is 0 Å². The van der Waals surface area contributed by atoms with Crippen molar-refractivity contribution in [1.29, 1.82) is 0 Å². The van der Waals surface area contributed by atoms with E-state index in [1.165, 1.54) is 16.7 Å². The van der Waals surface area contributed by atoms with Crippen LogP contribution < -0.4 is 0 Å². The third kappa shape index (κ3) is 2.64. The molecular weight excluding hydrogens is 216 g/mol. The first kappa shape index (κ1) is 12.9. The van der Waals surface area contributed by atoms with Gasteiger partial charge >= 0.3 is 0 Å². The second-order valence-electron chi connectivity index (χ2n) is 5.97. The lowest BCUT2D eigenvalue weighted by Gasteiger charge is -2.26. The number of benzene rings is 2. The minimum Gasteiger partial charge on any atom is -0.0622 e. The molecule has 0 amide bonds. The zero-order valence-corrected chi connectivity index (χ0v) is 11.8. The smallest absolute Gasteiger partial charge is 0.00639 e. The van der Waals surface area contributed by atoms with E-state index in [9.17, 15) is 0 Å². The quantitative estimate of drug-likeness (QED) is 0.680. The summed E-state index contributed by atoms with van der Waals surface area (Å²) in [5.74, 6) is 0.446. The van der Waals surface area contributed by atoms with Crippen LogP contribution in [0.1, 0.15) is 50.3 Å². The average Bonchev–Trinajstić information content (AvgIpc) is 2.38. The molecule has 1 atom stereocenters. The molecule has 94 valence electrons. The van der Waals surface area contributed by atoms with Crippen LogP contribution in [0.2, 0.25) is 0 Å². The minimum atomic E-state index is 0.194. The minimum absolute atomic E-state index is 0.194.